The smallest absolute Gasteiger partial charge is 0.462 e. The van der Waals surface area contributed by atoms with Crippen LogP contribution >= 0.6 is 7.82 Å². The lowest BCUT2D eigenvalue weighted by Gasteiger charge is -2.41. The summed E-state index contributed by atoms with van der Waals surface area (Å²) in [6, 6.07) is 0. The predicted octanol–water partition coefficient (Wildman–Crippen LogP) is 7.92. The Balaban J connectivity index is 2.50. The summed E-state index contributed by atoms with van der Waals surface area (Å²) in [4.78, 5) is 35.7. The second-order valence-electron chi connectivity index (χ2n) is 16.1. The average molecular weight is 901 g/mol. The van der Waals surface area contributed by atoms with Gasteiger partial charge in [-0.2, -0.15) is 0 Å². The molecule has 7 N–H and O–H groups in total. The lowest BCUT2D eigenvalue weighted by Crippen LogP contribution is -2.64. The zero-order chi connectivity index (χ0) is 45.9. The Morgan fingerprint density at radius 1 is 0.597 bits per heavy atom. The van der Waals surface area contributed by atoms with Gasteiger partial charge in [-0.15, -0.1) is 0 Å². The molecule has 1 rings (SSSR count). The largest absolute Gasteiger partial charge is 0.472 e. The van der Waals surface area contributed by atoms with E-state index in [-0.39, 0.29) is 12.8 Å². The van der Waals surface area contributed by atoms with Crippen molar-refractivity contribution >= 4 is 19.8 Å². The molecule has 0 aromatic heterocycles. The first-order valence-corrected chi connectivity index (χ1v) is 24.7. The highest BCUT2D eigenvalue weighted by molar-refractivity contribution is 7.47. The summed E-state index contributed by atoms with van der Waals surface area (Å²) in [5, 5.41) is 60.3. The molecule has 0 radical (unpaired) electrons. The molecular weight excluding hydrogens is 819 g/mol. The van der Waals surface area contributed by atoms with Crippen LogP contribution in [-0.4, -0.2) is 110 Å². The van der Waals surface area contributed by atoms with Crippen LogP contribution in [0.2, 0.25) is 0 Å². The molecule has 0 saturated heterocycles. The quantitative estimate of drug-likeness (QED) is 0.0103. The molecule has 0 amide bonds. The van der Waals surface area contributed by atoms with Crippen LogP contribution in [0.3, 0.4) is 0 Å². The van der Waals surface area contributed by atoms with Gasteiger partial charge in [0.05, 0.1) is 12.7 Å². The van der Waals surface area contributed by atoms with Crippen LogP contribution in [0.25, 0.3) is 0 Å². The molecule has 0 aromatic rings. The minimum absolute atomic E-state index is 0.0649. The summed E-state index contributed by atoms with van der Waals surface area (Å²) in [5.41, 5.74) is 0. The van der Waals surface area contributed by atoms with E-state index in [4.69, 9.17) is 18.5 Å². The normalized spacial score (nSPS) is 22.9. The van der Waals surface area contributed by atoms with E-state index in [1.807, 2.05) is 18.2 Å². The Hall–Kier alpha value is -2.49. The van der Waals surface area contributed by atoms with E-state index < -0.39 is 81.8 Å². The lowest BCUT2D eigenvalue weighted by molar-refractivity contribution is -0.220. The van der Waals surface area contributed by atoms with Gasteiger partial charge in [0.15, 0.2) is 6.10 Å². The van der Waals surface area contributed by atoms with Crippen molar-refractivity contribution in [1.29, 1.82) is 0 Å². The molecule has 358 valence electrons. The second kappa shape index (κ2) is 36.8. The maximum Gasteiger partial charge on any atom is 0.472 e. The summed E-state index contributed by atoms with van der Waals surface area (Å²) in [5.74, 6) is -1.19. The number of rotatable bonds is 37. The Morgan fingerprint density at radius 3 is 1.73 bits per heavy atom. The molecule has 1 fully saturated rings. The number of ether oxygens (including phenoxy) is 2. The summed E-state index contributed by atoms with van der Waals surface area (Å²) < 4.78 is 33.5. The van der Waals surface area contributed by atoms with E-state index in [0.717, 1.165) is 96.3 Å². The Morgan fingerprint density at radius 2 is 1.11 bits per heavy atom. The highest BCUT2D eigenvalue weighted by Crippen LogP contribution is 2.47. The maximum absolute atomic E-state index is 12.8. The molecule has 0 heterocycles. The first-order valence-electron chi connectivity index (χ1n) is 23.2. The molecule has 62 heavy (non-hydrogen) atoms. The molecule has 0 aliphatic heterocycles. The monoisotopic (exact) mass is 901 g/mol. The Kier molecular flexibility index (Phi) is 34.2. The Bertz CT molecular complexity index is 1330. The predicted molar refractivity (Wildman–Crippen MR) is 241 cm³/mol. The molecule has 15 heteroatoms. The molecule has 9 atom stereocenters. The third-order valence-corrected chi connectivity index (χ3v) is 11.4. The van der Waals surface area contributed by atoms with E-state index >= 15 is 0 Å². The van der Waals surface area contributed by atoms with Gasteiger partial charge in [-0.25, -0.2) is 4.57 Å². The third kappa shape index (κ3) is 29.1. The van der Waals surface area contributed by atoms with E-state index in [0.29, 0.717) is 19.3 Å². The van der Waals surface area contributed by atoms with Crippen molar-refractivity contribution in [2.45, 2.75) is 210 Å². The van der Waals surface area contributed by atoms with Gasteiger partial charge in [0.25, 0.3) is 0 Å². The van der Waals surface area contributed by atoms with Crippen LogP contribution in [-0.2, 0) is 32.7 Å². The third-order valence-electron chi connectivity index (χ3n) is 10.4. The van der Waals surface area contributed by atoms with Crippen molar-refractivity contribution < 1.29 is 68.2 Å². The number of phosphoric ester groups is 1. The highest BCUT2D eigenvalue weighted by Gasteiger charge is 2.51. The van der Waals surface area contributed by atoms with E-state index in [1.54, 1.807) is 6.08 Å². The standard InChI is InChI=1S/C47H81O14P/c1-3-5-7-9-11-12-13-14-15-16-17-18-19-20-22-26-31-35-41(50)60-39(37-59-62(56,57)61-47-45(54)43(52)42(51)44(53)46(47)55)36-58-40(49)34-30-27-23-25-29-33-38(48)32-28-24-21-10-8-6-4-2/h6,8,11-12,14-15,21,24,28,32,38-39,42-48,51-55H,3-5,7,9-10,13,16-20,22-23,25-27,29-31,33-37H2,1-2H3,(H,56,57)/b8-6+,12-11-,15-14-,24-21+,32-28+/t38?,39-,42?,43-,44+,45-,46-,47?/m1/s1. The van der Waals surface area contributed by atoms with E-state index in [2.05, 4.69) is 50.3 Å². The fraction of sp³-hybridized carbons (Fsp3) is 0.745. The number of esters is 2. The first-order chi connectivity index (χ1) is 29.8. The van der Waals surface area contributed by atoms with Crippen LogP contribution < -0.4 is 0 Å². The molecule has 1 aliphatic rings. The van der Waals surface area contributed by atoms with Crippen molar-refractivity contribution in [3.63, 3.8) is 0 Å². The minimum Gasteiger partial charge on any atom is -0.462 e. The summed E-state index contributed by atoms with van der Waals surface area (Å²) in [7, 11) is -5.15. The summed E-state index contributed by atoms with van der Waals surface area (Å²) >= 11 is 0. The molecule has 4 unspecified atom stereocenters. The molecule has 14 nitrogen and oxygen atoms in total. The van der Waals surface area contributed by atoms with Gasteiger partial charge >= 0.3 is 19.8 Å². The van der Waals surface area contributed by atoms with Crippen molar-refractivity contribution in [3.05, 3.63) is 60.8 Å². The van der Waals surface area contributed by atoms with Gasteiger partial charge < -0.3 is 45.0 Å². The Labute approximate surface area is 371 Å². The number of aliphatic hydroxyl groups excluding tert-OH is 6. The van der Waals surface area contributed by atoms with Crippen LogP contribution in [0.4, 0.5) is 0 Å². The van der Waals surface area contributed by atoms with Crippen molar-refractivity contribution in [3.8, 4) is 0 Å². The topological polar surface area (TPSA) is 230 Å². The van der Waals surface area contributed by atoms with Crippen LogP contribution in [0.1, 0.15) is 162 Å². The number of unbranched alkanes of at least 4 members (excludes halogenated alkanes) is 14. The second-order valence-corrected chi connectivity index (χ2v) is 17.5. The molecule has 1 aliphatic carbocycles. The number of carbonyl (C=O) groups excluding carboxylic acids is 2. The molecular formula is C47H81O14P. The maximum atomic E-state index is 12.8. The fourth-order valence-corrected chi connectivity index (χ4v) is 7.65. The zero-order valence-electron chi connectivity index (χ0n) is 37.5. The molecule has 0 bridgehead atoms. The lowest BCUT2D eigenvalue weighted by atomic mass is 9.85. The number of hydrogen-bond donors (Lipinski definition) is 7. The van der Waals surface area contributed by atoms with Crippen molar-refractivity contribution in [1.82, 2.24) is 0 Å². The SMILES string of the molecule is CC/C=C/C/C=C/C=C/C(O)CCCCCCCC(=O)OC[C@H](COP(=O)(O)OC1[C@H](O)[C@H](O)C(O)[C@H](O)[C@H]1O)OC(=O)CCCCCCCCC/C=C\C/C=C\CCCCC. The van der Waals surface area contributed by atoms with Gasteiger partial charge in [-0.3, -0.25) is 18.6 Å². The summed E-state index contributed by atoms with van der Waals surface area (Å²) in [6.45, 7) is 3.05. The van der Waals surface area contributed by atoms with E-state index in [9.17, 15) is 49.7 Å². The van der Waals surface area contributed by atoms with Gasteiger partial charge in [0.2, 0.25) is 0 Å². The van der Waals surface area contributed by atoms with Gasteiger partial charge in [0, 0.05) is 12.8 Å². The zero-order valence-corrected chi connectivity index (χ0v) is 38.4. The average Bonchev–Trinajstić information content (AvgIpc) is 3.25. The minimum atomic E-state index is -5.15. The van der Waals surface area contributed by atoms with Crippen molar-refractivity contribution in [2.75, 3.05) is 13.2 Å². The number of carbonyl (C=O) groups is 2. The van der Waals surface area contributed by atoms with Crippen LogP contribution in [0.5, 0.6) is 0 Å². The molecule has 1 saturated carbocycles. The van der Waals surface area contributed by atoms with Gasteiger partial charge in [-0.05, 0) is 64.2 Å². The molecule has 0 aromatic carbocycles. The van der Waals surface area contributed by atoms with Gasteiger partial charge in [-0.1, -0.05) is 145 Å². The number of hydrogen-bond acceptors (Lipinski definition) is 13. The highest BCUT2D eigenvalue weighted by atomic mass is 31.2. The van der Waals surface area contributed by atoms with E-state index in [1.165, 1.54) is 19.3 Å². The number of allylic oxidation sites excluding steroid dienone is 9. The number of phosphoric acid groups is 1. The van der Waals surface area contributed by atoms with Crippen LogP contribution in [0, 0.1) is 0 Å². The van der Waals surface area contributed by atoms with Gasteiger partial charge in [0.1, 0.15) is 43.2 Å². The van der Waals surface area contributed by atoms with Crippen molar-refractivity contribution in [2.24, 2.45) is 0 Å². The summed E-state index contributed by atoms with van der Waals surface area (Å²) in [6.07, 6.45) is 27.1. The van der Waals surface area contributed by atoms with Crippen LogP contribution in [0.15, 0.2) is 60.8 Å². The first kappa shape index (κ1) is 57.5. The fourth-order valence-electron chi connectivity index (χ4n) is 6.68. The number of aliphatic hydroxyl groups is 6. The molecule has 0 spiro atoms.